The summed E-state index contributed by atoms with van der Waals surface area (Å²) in [5.41, 5.74) is 0. The molecule has 0 aliphatic carbocycles. The maximum atomic E-state index is 11.9. The molecule has 100 valence electrons. The molecule has 17 heavy (non-hydrogen) atoms. The maximum Gasteiger partial charge on any atom is 0.389 e. The van der Waals surface area contributed by atoms with Crippen LogP contribution in [0.5, 0.6) is 0 Å². The minimum atomic E-state index is -4.14. The van der Waals surface area contributed by atoms with Crippen molar-refractivity contribution in [2.75, 3.05) is 13.1 Å². The van der Waals surface area contributed by atoms with Gasteiger partial charge in [0.2, 0.25) is 5.91 Å². The van der Waals surface area contributed by atoms with Gasteiger partial charge in [-0.15, -0.1) is 0 Å². The molecule has 3 nitrogen and oxygen atoms in total. The molecule has 0 saturated carbocycles. The lowest BCUT2D eigenvalue weighted by molar-refractivity contribution is -0.136. The van der Waals surface area contributed by atoms with Gasteiger partial charge in [0, 0.05) is 13.0 Å². The summed E-state index contributed by atoms with van der Waals surface area (Å²) in [4.78, 5) is 11.7. The highest BCUT2D eigenvalue weighted by atomic mass is 19.4. The van der Waals surface area contributed by atoms with Crippen molar-refractivity contribution in [3.8, 4) is 0 Å². The summed E-state index contributed by atoms with van der Waals surface area (Å²) in [6, 6.07) is -0.255. The fraction of sp³-hybridized carbons (Fsp3) is 0.909. The minimum Gasteiger partial charge on any atom is -0.355 e. The highest BCUT2D eigenvalue weighted by molar-refractivity contribution is 5.82. The average molecular weight is 252 g/mol. The number of rotatable bonds is 4. The summed E-state index contributed by atoms with van der Waals surface area (Å²) in [6.07, 6.45) is -3.02. The highest BCUT2D eigenvalue weighted by Crippen LogP contribution is 2.20. The predicted octanol–water partition coefficient (Wildman–Crippen LogP) is 1.83. The van der Waals surface area contributed by atoms with Crippen molar-refractivity contribution in [3.63, 3.8) is 0 Å². The van der Waals surface area contributed by atoms with Gasteiger partial charge in [0.25, 0.3) is 0 Å². The van der Waals surface area contributed by atoms with E-state index in [9.17, 15) is 18.0 Å². The third-order valence-corrected chi connectivity index (χ3v) is 2.99. The molecule has 2 unspecified atom stereocenters. The van der Waals surface area contributed by atoms with E-state index < -0.39 is 12.6 Å². The smallest absolute Gasteiger partial charge is 0.355 e. The molecule has 0 radical (unpaired) electrons. The van der Waals surface area contributed by atoms with Gasteiger partial charge in [0.05, 0.1) is 6.04 Å². The van der Waals surface area contributed by atoms with E-state index in [1.54, 1.807) is 0 Å². The molecule has 1 fully saturated rings. The first kappa shape index (κ1) is 14.3. The minimum absolute atomic E-state index is 0.0592. The molecule has 0 aromatic carbocycles. The fourth-order valence-corrected chi connectivity index (χ4v) is 2.01. The van der Waals surface area contributed by atoms with E-state index in [-0.39, 0.29) is 30.8 Å². The molecule has 2 N–H and O–H groups in total. The molecule has 6 heteroatoms. The van der Waals surface area contributed by atoms with Crippen LogP contribution in [0.2, 0.25) is 0 Å². The van der Waals surface area contributed by atoms with Crippen LogP contribution < -0.4 is 10.6 Å². The summed E-state index contributed by atoms with van der Waals surface area (Å²) < 4.78 is 35.6. The van der Waals surface area contributed by atoms with Crippen LogP contribution >= 0.6 is 0 Å². The Morgan fingerprint density at radius 1 is 1.47 bits per heavy atom. The van der Waals surface area contributed by atoms with E-state index in [2.05, 4.69) is 10.6 Å². The molecule has 2 atom stereocenters. The fourth-order valence-electron chi connectivity index (χ4n) is 2.01. The molecule has 0 bridgehead atoms. The van der Waals surface area contributed by atoms with Crippen molar-refractivity contribution < 1.29 is 18.0 Å². The quantitative estimate of drug-likeness (QED) is 0.749. The Labute approximate surface area is 99.1 Å². The molecule has 1 heterocycles. The van der Waals surface area contributed by atoms with Gasteiger partial charge in [-0.3, -0.25) is 4.79 Å². The van der Waals surface area contributed by atoms with Crippen LogP contribution in [0.3, 0.4) is 0 Å². The number of alkyl halides is 3. The summed E-state index contributed by atoms with van der Waals surface area (Å²) in [7, 11) is 0. The molecule has 1 saturated heterocycles. The summed E-state index contributed by atoms with van der Waals surface area (Å²) in [5, 5.41) is 5.65. The van der Waals surface area contributed by atoms with Gasteiger partial charge < -0.3 is 10.6 Å². The Bertz CT molecular complexity index is 256. The molecular formula is C11H19F3N2O. The lowest BCUT2D eigenvalue weighted by atomic mass is 9.92. The summed E-state index contributed by atoms with van der Waals surface area (Å²) in [5.74, 6) is 0.0609. The Morgan fingerprint density at radius 3 is 2.76 bits per heavy atom. The van der Waals surface area contributed by atoms with Crippen molar-refractivity contribution in [2.45, 2.75) is 44.8 Å². The zero-order chi connectivity index (χ0) is 12.9. The normalized spacial score (nSPS) is 25.6. The second kappa shape index (κ2) is 6.23. The molecule has 0 aromatic heterocycles. The number of nitrogens with one attached hydrogen (secondary N) is 2. The summed E-state index contributed by atoms with van der Waals surface area (Å²) in [6.45, 7) is 2.86. The van der Waals surface area contributed by atoms with Crippen LogP contribution in [-0.4, -0.2) is 31.2 Å². The van der Waals surface area contributed by atoms with Crippen molar-refractivity contribution in [1.82, 2.24) is 10.6 Å². The van der Waals surface area contributed by atoms with E-state index >= 15 is 0 Å². The number of amides is 1. The Morgan fingerprint density at radius 2 is 2.18 bits per heavy atom. The largest absolute Gasteiger partial charge is 0.389 e. The maximum absolute atomic E-state index is 11.9. The SMILES string of the molecule is CC1CCCNC1C(=O)NCCCC(F)(F)F. The van der Waals surface area contributed by atoms with Gasteiger partial charge in [0.1, 0.15) is 0 Å². The van der Waals surface area contributed by atoms with Crippen LogP contribution in [0.15, 0.2) is 0 Å². The van der Waals surface area contributed by atoms with Gasteiger partial charge in [-0.25, -0.2) is 0 Å². The zero-order valence-corrected chi connectivity index (χ0v) is 9.94. The Balaban J connectivity index is 2.20. The molecule has 1 amide bonds. The zero-order valence-electron chi connectivity index (χ0n) is 9.94. The van der Waals surface area contributed by atoms with Gasteiger partial charge >= 0.3 is 6.18 Å². The standard InChI is InChI=1S/C11H19F3N2O/c1-8-4-2-6-15-9(8)10(17)16-7-3-5-11(12,13)14/h8-9,15H,2-7H2,1H3,(H,16,17). The van der Waals surface area contributed by atoms with Gasteiger partial charge in [-0.05, 0) is 31.7 Å². The van der Waals surface area contributed by atoms with E-state index in [0.29, 0.717) is 0 Å². The Kier molecular flexibility index (Phi) is 5.24. The van der Waals surface area contributed by atoms with Crippen LogP contribution in [0.1, 0.15) is 32.6 Å². The van der Waals surface area contributed by atoms with Crippen LogP contribution in [0.25, 0.3) is 0 Å². The van der Waals surface area contributed by atoms with Crippen molar-refractivity contribution in [3.05, 3.63) is 0 Å². The third-order valence-electron chi connectivity index (χ3n) is 2.99. The van der Waals surface area contributed by atoms with Gasteiger partial charge in [-0.2, -0.15) is 13.2 Å². The lowest BCUT2D eigenvalue weighted by Crippen LogP contribution is -2.51. The van der Waals surface area contributed by atoms with E-state index in [0.717, 1.165) is 19.4 Å². The van der Waals surface area contributed by atoms with Gasteiger partial charge in [-0.1, -0.05) is 6.92 Å². The topological polar surface area (TPSA) is 41.1 Å². The molecule has 0 aromatic rings. The number of carbonyl (C=O) groups excluding carboxylic acids is 1. The van der Waals surface area contributed by atoms with Crippen molar-refractivity contribution >= 4 is 5.91 Å². The number of carbonyl (C=O) groups is 1. The molecule has 1 aliphatic rings. The number of hydrogen-bond acceptors (Lipinski definition) is 2. The van der Waals surface area contributed by atoms with E-state index in [4.69, 9.17) is 0 Å². The summed E-state index contributed by atoms with van der Waals surface area (Å²) >= 11 is 0. The number of piperidine rings is 1. The second-order valence-corrected chi connectivity index (χ2v) is 4.56. The highest BCUT2D eigenvalue weighted by Gasteiger charge is 2.28. The van der Waals surface area contributed by atoms with Crippen LogP contribution in [-0.2, 0) is 4.79 Å². The first-order chi connectivity index (χ1) is 7.90. The van der Waals surface area contributed by atoms with E-state index in [1.165, 1.54) is 0 Å². The Hall–Kier alpha value is -0.780. The first-order valence-corrected chi connectivity index (χ1v) is 5.98. The molecule has 1 aliphatic heterocycles. The van der Waals surface area contributed by atoms with Crippen molar-refractivity contribution in [2.24, 2.45) is 5.92 Å². The van der Waals surface area contributed by atoms with E-state index in [1.807, 2.05) is 6.92 Å². The lowest BCUT2D eigenvalue weighted by Gasteiger charge is -2.28. The molecule has 1 rings (SSSR count). The van der Waals surface area contributed by atoms with Gasteiger partial charge in [0.15, 0.2) is 0 Å². The third kappa shape index (κ3) is 5.39. The molecular weight excluding hydrogens is 233 g/mol. The number of halogens is 3. The number of hydrogen-bond donors (Lipinski definition) is 2. The average Bonchev–Trinajstić information content (AvgIpc) is 2.23. The monoisotopic (exact) mass is 252 g/mol. The molecule has 0 spiro atoms. The van der Waals surface area contributed by atoms with Crippen molar-refractivity contribution in [1.29, 1.82) is 0 Å². The van der Waals surface area contributed by atoms with Crippen LogP contribution in [0, 0.1) is 5.92 Å². The first-order valence-electron chi connectivity index (χ1n) is 5.98. The second-order valence-electron chi connectivity index (χ2n) is 4.56. The van der Waals surface area contributed by atoms with Crippen LogP contribution in [0.4, 0.5) is 13.2 Å². The predicted molar refractivity (Wildman–Crippen MR) is 58.5 cm³/mol.